The Hall–Kier alpha value is 1.71. The van der Waals surface area contributed by atoms with Crippen molar-refractivity contribution in [1.82, 2.24) is 0 Å². The Labute approximate surface area is 82.3 Å². The molecule has 0 heterocycles. The van der Waals surface area contributed by atoms with Gasteiger partial charge >= 0.3 is 51.4 Å². The van der Waals surface area contributed by atoms with Gasteiger partial charge in [-0.25, -0.2) is 4.21 Å². The van der Waals surface area contributed by atoms with Crippen molar-refractivity contribution in [2.24, 2.45) is 0 Å². The number of hydrogen-bond donors (Lipinski definition) is 2. The average Bonchev–Trinajstić information content (AvgIpc) is 1.38. The summed E-state index contributed by atoms with van der Waals surface area (Å²) in [6.45, 7) is 0. The van der Waals surface area contributed by atoms with Crippen LogP contribution < -0.4 is 51.4 Å². The molecule has 0 amide bonds. The third-order valence-corrected chi connectivity index (χ3v) is 0.331. The second-order valence-corrected chi connectivity index (χ2v) is 1.35. The van der Waals surface area contributed by atoms with E-state index in [0.717, 1.165) is 0 Å². The van der Waals surface area contributed by atoms with E-state index in [4.69, 9.17) is 9.66 Å². The predicted octanol–water partition coefficient (Wildman–Crippen LogP) is -3.73. The summed E-state index contributed by atoms with van der Waals surface area (Å²) >= 11 is -2.02. The summed E-state index contributed by atoms with van der Waals surface area (Å²) in [7, 11) is 0. The van der Waals surface area contributed by atoms with Crippen LogP contribution >= 0.6 is 0 Å². The van der Waals surface area contributed by atoms with E-state index in [1.54, 1.807) is 0 Å². The molecule has 0 spiro atoms. The minimum Gasteiger partial charge on any atom is -1.00 e. The van der Waals surface area contributed by atoms with Gasteiger partial charge in [0.2, 0.25) is 0 Å². The Morgan fingerprint density at radius 2 is 2.00 bits per heavy atom. The van der Waals surface area contributed by atoms with E-state index in [-0.39, 0.29) is 52.8 Å². The molecule has 0 saturated heterocycles. The normalized spacial score (nSPS) is 12.3. The maximum absolute atomic E-state index is 9.23. The zero-order valence-electron chi connectivity index (χ0n) is 4.42. The quantitative estimate of drug-likeness (QED) is 0.288. The summed E-state index contributed by atoms with van der Waals surface area (Å²) in [4.78, 5) is 0. The molecule has 6 heavy (non-hydrogen) atoms. The van der Waals surface area contributed by atoms with E-state index in [2.05, 4.69) is 0 Å². The maximum atomic E-state index is 9.23. The van der Waals surface area contributed by atoms with Crippen molar-refractivity contribution in [3.05, 3.63) is 0 Å². The van der Waals surface area contributed by atoms with Gasteiger partial charge in [0.1, 0.15) is 5.94 Å². The van der Waals surface area contributed by atoms with Crippen molar-refractivity contribution in [1.29, 1.82) is 0 Å². The Bertz CT molecular complexity index is 50.2. The fraction of sp³-hybridized carbons (Fsp3) is 1.00. The van der Waals surface area contributed by atoms with E-state index in [1.165, 1.54) is 0 Å². The first-order valence-electron chi connectivity index (χ1n) is 0.954. The number of aliphatic hydroxyl groups excluding tert-OH is 1. The maximum Gasteiger partial charge on any atom is 1.00 e. The van der Waals surface area contributed by atoms with Crippen LogP contribution in [-0.2, 0) is 11.1 Å². The second-order valence-electron chi connectivity index (χ2n) is 0.451. The van der Waals surface area contributed by atoms with Gasteiger partial charge in [-0.2, -0.15) is 0 Å². The molecule has 0 fully saturated rings. The summed E-state index contributed by atoms with van der Waals surface area (Å²) in [5.74, 6) is -0.667. The third-order valence-electron chi connectivity index (χ3n) is 0.110. The molecule has 0 aliphatic heterocycles. The van der Waals surface area contributed by atoms with Crippen LogP contribution in [0.2, 0.25) is 0 Å². The van der Waals surface area contributed by atoms with Gasteiger partial charge in [-0.05, 0) is 0 Å². The molecule has 0 rings (SSSR count). The van der Waals surface area contributed by atoms with Gasteiger partial charge in [-0.1, -0.05) is 0 Å². The fourth-order valence-electron chi connectivity index (χ4n) is 0. The molecule has 34 valence electrons. The number of aliphatic hydroxyl groups is 1. The van der Waals surface area contributed by atoms with Crippen molar-refractivity contribution in [3.63, 3.8) is 0 Å². The van der Waals surface area contributed by atoms with Crippen LogP contribution in [-0.4, -0.2) is 19.8 Å². The molecule has 1 unspecified atom stereocenters. The van der Waals surface area contributed by atoms with Crippen molar-refractivity contribution >= 4 is 11.1 Å². The topological polar surface area (TPSA) is 57.5 Å². The average molecular weight is 136 g/mol. The summed E-state index contributed by atoms with van der Waals surface area (Å²) in [5.41, 5.74) is 0. The van der Waals surface area contributed by atoms with Crippen LogP contribution in [0.4, 0.5) is 0 Å². The van der Waals surface area contributed by atoms with E-state index in [0.29, 0.717) is 0 Å². The van der Waals surface area contributed by atoms with Gasteiger partial charge in [-0.3, -0.25) is 0 Å². The van der Waals surface area contributed by atoms with E-state index < -0.39 is 17.0 Å². The zero-order chi connectivity index (χ0) is 4.28. The van der Waals surface area contributed by atoms with Gasteiger partial charge in [0.25, 0.3) is 0 Å². The van der Waals surface area contributed by atoms with Gasteiger partial charge < -0.3 is 11.1 Å². The zero-order valence-corrected chi connectivity index (χ0v) is 7.36. The molecular weight excluding hydrogens is 131 g/mol. The van der Waals surface area contributed by atoms with Crippen LogP contribution in [0.15, 0.2) is 0 Å². The molecule has 0 radical (unpaired) electrons. The summed E-state index contributed by atoms with van der Waals surface area (Å²) < 4.78 is 16.8. The molecule has 0 aliphatic carbocycles. The molecular formula is CH5KO3S. The molecule has 0 bridgehead atoms. The van der Waals surface area contributed by atoms with Gasteiger partial charge in [0, 0.05) is 0 Å². The Balaban J connectivity index is -0.0000000800. The van der Waals surface area contributed by atoms with Gasteiger partial charge in [-0.15, -0.1) is 0 Å². The fourth-order valence-corrected chi connectivity index (χ4v) is 0. The van der Waals surface area contributed by atoms with Crippen molar-refractivity contribution in [3.8, 4) is 0 Å². The van der Waals surface area contributed by atoms with Crippen molar-refractivity contribution < 1.29 is 66.7 Å². The first-order valence-corrected chi connectivity index (χ1v) is 2.23. The Morgan fingerprint density at radius 3 is 2.00 bits per heavy atom. The molecule has 5 heteroatoms. The molecule has 0 aromatic rings. The smallest absolute Gasteiger partial charge is 1.00 e. The van der Waals surface area contributed by atoms with Crippen LogP contribution in [0, 0.1) is 0 Å². The standard InChI is InChI=1S/CH4O3S.K.H/c2-1-5(3)4;;/h2H,1H2,(H,3,4);;/q;+1;-1. The first kappa shape index (κ1) is 10.6. The Morgan fingerprint density at radius 1 is 1.83 bits per heavy atom. The molecule has 1 atom stereocenters. The van der Waals surface area contributed by atoms with Gasteiger partial charge in [0.15, 0.2) is 11.1 Å². The largest absolute Gasteiger partial charge is 1.00 e. The van der Waals surface area contributed by atoms with E-state index >= 15 is 0 Å². The minimum absolute atomic E-state index is 0. The van der Waals surface area contributed by atoms with Crippen molar-refractivity contribution in [2.75, 3.05) is 5.94 Å². The summed E-state index contributed by atoms with van der Waals surface area (Å²) in [5, 5.41) is 7.59. The molecule has 0 aromatic carbocycles. The molecule has 3 nitrogen and oxygen atoms in total. The number of hydrogen-bond acceptors (Lipinski definition) is 2. The molecule has 0 saturated carbocycles. The van der Waals surface area contributed by atoms with E-state index in [9.17, 15) is 4.21 Å². The minimum atomic E-state index is -2.02. The molecule has 0 aromatic heterocycles. The molecule has 2 N–H and O–H groups in total. The van der Waals surface area contributed by atoms with Crippen LogP contribution in [0.5, 0.6) is 0 Å². The van der Waals surface area contributed by atoms with Gasteiger partial charge in [0.05, 0.1) is 0 Å². The van der Waals surface area contributed by atoms with Crippen molar-refractivity contribution in [2.45, 2.75) is 0 Å². The van der Waals surface area contributed by atoms with Crippen LogP contribution in [0.25, 0.3) is 0 Å². The first-order chi connectivity index (χ1) is 2.27. The van der Waals surface area contributed by atoms with Crippen LogP contribution in [0.3, 0.4) is 0 Å². The summed E-state index contributed by atoms with van der Waals surface area (Å²) in [6.07, 6.45) is 0. The number of rotatable bonds is 1. The predicted molar refractivity (Wildman–Crippen MR) is 19.0 cm³/mol. The molecule has 0 aliphatic rings. The monoisotopic (exact) mass is 136 g/mol. The second kappa shape index (κ2) is 6.71. The van der Waals surface area contributed by atoms with Crippen LogP contribution in [0.1, 0.15) is 1.43 Å². The SMILES string of the molecule is O=S(O)CO.[H-].[K+]. The Kier molecular flexibility index (Phi) is 11.9. The van der Waals surface area contributed by atoms with E-state index in [1.807, 2.05) is 0 Å². The summed E-state index contributed by atoms with van der Waals surface area (Å²) in [6, 6.07) is 0. The third kappa shape index (κ3) is 9.20.